The number of rotatable bonds is 3. The quantitative estimate of drug-likeness (QED) is 0.682. The van der Waals surface area contributed by atoms with Crippen molar-refractivity contribution in [2.75, 3.05) is 6.61 Å². The lowest BCUT2D eigenvalue weighted by atomic mass is 10.0. The molecule has 0 aliphatic heterocycles. The molecule has 2 heterocycles. The number of hydrogen-bond acceptors (Lipinski definition) is 4. The molecule has 5 heteroatoms. The number of benzene rings is 1. The predicted octanol–water partition coefficient (Wildman–Crippen LogP) is 4.16. The Kier molecular flexibility index (Phi) is 3.74. The highest BCUT2D eigenvalue weighted by molar-refractivity contribution is 7.19. The molecular weight excluding hydrogens is 296 g/mol. The van der Waals surface area contributed by atoms with E-state index in [2.05, 4.69) is 37.0 Å². The number of hydrogen-bond donors (Lipinski definition) is 0. The lowest BCUT2D eigenvalue weighted by molar-refractivity contribution is 0.0531. The van der Waals surface area contributed by atoms with Crippen LogP contribution in [0.4, 0.5) is 0 Å². The van der Waals surface area contributed by atoms with Crippen LogP contribution in [0.5, 0.6) is 0 Å². The summed E-state index contributed by atoms with van der Waals surface area (Å²) >= 11 is 1.37. The first-order valence-corrected chi connectivity index (χ1v) is 8.06. The van der Waals surface area contributed by atoms with Gasteiger partial charge >= 0.3 is 5.97 Å². The van der Waals surface area contributed by atoms with Gasteiger partial charge in [0.2, 0.25) is 0 Å². The molecule has 0 radical (unpaired) electrons. The third-order valence-corrected chi connectivity index (χ3v) is 4.82. The number of esters is 1. The summed E-state index contributed by atoms with van der Waals surface area (Å²) < 4.78 is 7.05. The fourth-order valence-electron chi connectivity index (χ4n) is 2.48. The Bertz CT molecular complexity index is 861. The number of fused-ring (bicyclic) bond motifs is 1. The lowest BCUT2D eigenvalue weighted by Crippen LogP contribution is -2.04. The number of imidazole rings is 1. The topological polar surface area (TPSA) is 43.6 Å². The van der Waals surface area contributed by atoms with Crippen LogP contribution in [0.15, 0.2) is 24.4 Å². The van der Waals surface area contributed by atoms with Gasteiger partial charge in [-0.1, -0.05) is 29.0 Å². The Morgan fingerprint density at radius 2 is 2.09 bits per heavy atom. The highest BCUT2D eigenvalue weighted by Gasteiger charge is 2.19. The van der Waals surface area contributed by atoms with Gasteiger partial charge in [-0.15, -0.1) is 0 Å². The lowest BCUT2D eigenvalue weighted by Gasteiger charge is -2.03. The maximum atomic E-state index is 11.9. The zero-order chi connectivity index (χ0) is 15.9. The van der Waals surface area contributed by atoms with Crippen LogP contribution in [0.2, 0.25) is 0 Å². The van der Waals surface area contributed by atoms with E-state index in [0.717, 1.165) is 21.9 Å². The normalized spacial score (nSPS) is 11.1. The minimum atomic E-state index is -0.274. The monoisotopic (exact) mass is 314 g/mol. The van der Waals surface area contributed by atoms with Crippen molar-refractivity contribution in [1.29, 1.82) is 0 Å². The number of carbonyl (C=O) groups excluding carboxylic acids is 1. The molecule has 22 heavy (non-hydrogen) atoms. The summed E-state index contributed by atoms with van der Waals surface area (Å²) in [5, 5.41) is 0. The molecule has 0 atom stereocenters. The molecular formula is C17H18N2O2S. The first-order chi connectivity index (χ1) is 10.5. The first-order valence-electron chi connectivity index (χ1n) is 7.24. The smallest absolute Gasteiger partial charge is 0.350 e. The van der Waals surface area contributed by atoms with Crippen LogP contribution >= 0.6 is 11.3 Å². The van der Waals surface area contributed by atoms with Crippen LogP contribution in [-0.2, 0) is 4.74 Å². The number of aromatic nitrogens is 2. The van der Waals surface area contributed by atoms with Gasteiger partial charge in [-0.3, -0.25) is 4.40 Å². The van der Waals surface area contributed by atoms with Crippen molar-refractivity contribution < 1.29 is 9.53 Å². The van der Waals surface area contributed by atoms with E-state index in [4.69, 9.17) is 4.74 Å². The Labute approximate surface area is 133 Å². The Balaban J connectivity index is 2.08. The Morgan fingerprint density at radius 1 is 1.32 bits per heavy atom. The molecule has 3 aromatic rings. The molecule has 2 aromatic heterocycles. The third-order valence-electron chi connectivity index (χ3n) is 3.69. The summed E-state index contributed by atoms with van der Waals surface area (Å²) in [4.78, 5) is 18.1. The second-order valence-corrected chi connectivity index (χ2v) is 6.31. The summed E-state index contributed by atoms with van der Waals surface area (Å²) in [6, 6.07) is 6.35. The number of carbonyl (C=O) groups is 1. The minimum absolute atomic E-state index is 0.274. The van der Waals surface area contributed by atoms with E-state index in [1.807, 2.05) is 24.4 Å². The molecule has 0 aliphatic carbocycles. The largest absolute Gasteiger partial charge is 0.462 e. The summed E-state index contributed by atoms with van der Waals surface area (Å²) in [6.07, 6.45) is 1.99. The molecule has 0 unspecified atom stereocenters. The van der Waals surface area contributed by atoms with Crippen molar-refractivity contribution >= 4 is 22.3 Å². The zero-order valence-corrected chi connectivity index (χ0v) is 14.0. The van der Waals surface area contributed by atoms with Gasteiger partial charge in [0.1, 0.15) is 4.88 Å². The van der Waals surface area contributed by atoms with E-state index in [9.17, 15) is 4.79 Å². The minimum Gasteiger partial charge on any atom is -0.462 e. The van der Waals surface area contributed by atoms with Crippen LogP contribution in [0.1, 0.15) is 33.4 Å². The van der Waals surface area contributed by atoms with Crippen LogP contribution < -0.4 is 0 Å². The van der Waals surface area contributed by atoms with Crippen molar-refractivity contribution in [3.05, 3.63) is 46.1 Å². The fraction of sp³-hybridized carbons (Fsp3) is 0.294. The van der Waals surface area contributed by atoms with Crippen molar-refractivity contribution in [1.82, 2.24) is 9.38 Å². The van der Waals surface area contributed by atoms with Crippen molar-refractivity contribution in [2.45, 2.75) is 27.7 Å². The van der Waals surface area contributed by atoms with E-state index < -0.39 is 0 Å². The fourth-order valence-corrected chi connectivity index (χ4v) is 3.48. The molecule has 0 amide bonds. The SMILES string of the molecule is CCOC(=O)c1sc2nc(-c3cc(C)ccc3C)cn2c1C. The number of aryl methyl sites for hydroxylation is 3. The number of ether oxygens (including phenoxy) is 1. The standard InChI is InChI=1S/C17H18N2O2S/c1-5-21-16(20)15-12(4)19-9-14(18-17(19)22-15)13-8-10(2)6-7-11(13)3/h6-9H,5H2,1-4H3. The van der Waals surface area contributed by atoms with Gasteiger partial charge in [0.25, 0.3) is 0 Å². The predicted molar refractivity (Wildman–Crippen MR) is 88.7 cm³/mol. The zero-order valence-electron chi connectivity index (χ0n) is 13.1. The third kappa shape index (κ3) is 2.41. The van der Waals surface area contributed by atoms with E-state index in [1.165, 1.54) is 22.5 Å². The second kappa shape index (κ2) is 5.57. The molecule has 1 aromatic carbocycles. The molecule has 4 nitrogen and oxygen atoms in total. The van der Waals surface area contributed by atoms with Gasteiger partial charge < -0.3 is 4.74 Å². The van der Waals surface area contributed by atoms with Crippen molar-refractivity contribution in [3.8, 4) is 11.3 Å². The van der Waals surface area contributed by atoms with Gasteiger partial charge in [0.15, 0.2) is 4.96 Å². The summed E-state index contributed by atoms with van der Waals surface area (Å²) in [5.41, 5.74) is 5.35. The molecule has 0 saturated heterocycles. The van der Waals surface area contributed by atoms with E-state index in [-0.39, 0.29) is 5.97 Å². The average Bonchev–Trinajstić information content (AvgIpc) is 3.02. The Morgan fingerprint density at radius 3 is 2.77 bits per heavy atom. The van der Waals surface area contributed by atoms with E-state index in [1.54, 1.807) is 0 Å². The summed E-state index contributed by atoms with van der Waals surface area (Å²) in [5.74, 6) is -0.274. The summed E-state index contributed by atoms with van der Waals surface area (Å²) in [7, 11) is 0. The maximum Gasteiger partial charge on any atom is 0.350 e. The van der Waals surface area contributed by atoms with Crippen LogP contribution in [0, 0.1) is 20.8 Å². The molecule has 0 aliphatic rings. The first kappa shape index (κ1) is 14.8. The number of nitrogens with zero attached hydrogens (tertiary/aromatic N) is 2. The van der Waals surface area contributed by atoms with Gasteiger partial charge in [-0.2, -0.15) is 0 Å². The van der Waals surface area contributed by atoms with Crippen LogP contribution in [0.25, 0.3) is 16.2 Å². The average molecular weight is 314 g/mol. The highest BCUT2D eigenvalue weighted by Crippen LogP contribution is 2.29. The van der Waals surface area contributed by atoms with Crippen LogP contribution in [-0.4, -0.2) is 22.0 Å². The molecule has 0 N–H and O–H groups in total. The van der Waals surface area contributed by atoms with Gasteiger partial charge in [0, 0.05) is 17.5 Å². The number of thiazole rings is 1. The van der Waals surface area contributed by atoms with Gasteiger partial charge in [-0.25, -0.2) is 9.78 Å². The van der Waals surface area contributed by atoms with Gasteiger partial charge in [-0.05, 0) is 39.3 Å². The van der Waals surface area contributed by atoms with Crippen molar-refractivity contribution in [3.63, 3.8) is 0 Å². The van der Waals surface area contributed by atoms with E-state index >= 15 is 0 Å². The molecule has 0 saturated carbocycles. The van der Waals surface area contributed by atoms with Crippen LogP contribution in [0.3, 0.4) is 0 Å². The highest BCUT2D eigenvalue weighted by atomic mass is 32.1. The molecule has 114 valence electrons. The van der Waals surface area contributed by atoms with Crippen molar-refractivity contribution in [2.24, 2.45) is 0 Å². The molecule has 0 spiro atoms. The molecule has 0 bridgehead atoms. The second-order valence-electron chi connectivity index (χ2n) is 5.33. The molecule has 0 fully saturated rings. The molecule has 3 rings (SSSR count). The maximum absolute atomic E-state index is 11.9. The van der Waals surface area contributed by atoms with Gasteiger partial charge in [0.05, 0.1) is 12.3 Å². The summed E-state index contributed by atoms with van der Waals surface area (Å²) in [6.45, 7) is 8.27. The van der Waals surface area contributed by atoms with E-state index in [0.29, 0.717) is 11.5 Å². The Hall–Kier alpha value is -2.14.